The van der Waals surface area contributed by atoms with Gasteiger partial charge in [-0.05, 0) is 36.1 Å². The SMILES string of the molecule is CCCCc1nc(Cl)c(CC(=O)OCC)c(Cc2ccc(-c3ccccc3C#N)cc2)n1. The minimum absolute atomic E-state index is 0.0453. The molecule has 0 aliphatic rings. The number of nitriles is 1. The molecule has 0 amide bonds. The van der Waals surface area contributed by atoms with Crippen LogP contribution in [0.1, 0.15) is 54.9 Å². The molecule has 0 atom stereocenters. The summed E-state index contributed by atoms with van der Waals surface area (Å²) < 4.78 is 5.11. The van der Waals surface area contributed by atoms with Crippen LogP contribution in [-0.4, -0.2) is 22.5 Å². The molecule has 0 aliphatic carbocycles. The Labute approximate surface area is 194 Å². The summed E-state index contributed by atoms with van der Waals surface area (Å²) in [5.74, 6) is 0.350. The maximum atomic E-state index is 12.1. The van der Waals surface area contributed by atoms with Gasteiger partial charge in [0, 0.05) is 18.4 Å². The molecule has 0 N–H and O–H groups in total. The van der Waals surface area contributed by atoms with Gasteiger partial charge < -0.3 is 4.74 Å². The van der Waals surface area contributed by atoms with E-state index < -0.39 is 0 Å². The fourth-order valence-corrected chi connectivity index (χ4v) is 3.77. The van der Waals surface area contributed by atoms with Crippen LogP contribution in [0.5, 0.6) is 0 Å². The zero-order valence-corrected chi connectivity index (χ0v) is 19.2. The molecule has 0 fully saturated rings. The van der Waals surface area contributed by atoms with E-state index in [9.17, 15) is 10.1 Å². The molecule has 2 aromatic carbocycles. The van der Waals surface area contributed by atoms with Crippen molar-refractivity contribution in [3.05, 3.63) is 81.9 Å². The number of carbonyl (C=O) groups excluding carboxylic acids is 1. The van der Waals surface area contributed by atoms with Crippen molar-refractivity contribution in [2.45, 2.75) is 46.0 Å². The van der Waals surface area contributed by atoms with Crippen LogP contribution in [0.2, 0.25) is 5.15 Å². The van der Waals surface area contributed by atoms with Gasteiger partial charge >= 0.3 is 5.97 Å². The van der Waals surface area contributed by atoms with Gasteiger partial charge in [-0.1, -0.05) is 67.4 Å². The van der Waals surface area contributed by atoms with Crippen molar-refractivity contribution in [2.75, 3.05) is 6.61 Å². The lowest BCUT2D eigenvalue weighted by molar-refractivity contribution is -0.142. The van der Waals surface area contributed by atoms with E-state index >= 15 is 0 Å². The monoisotopic (exact) mass is 447 g/mol. The lowest BCUT2D eigenvalue weighted by Crippen LogP contribution is -2.13. The second-order valence-corrected chi connectivity index (χ2v) is 7.83. The number of halogens is 1. The van der Waals surface area contributed by atoms with E-state index in [1.807, 2.05) is 48.5 Å². The molecule has 0 saturated carbocycles. The maximum absolute atomic E-state index is 12.1. The van der Waals surface area contributed by atoms with Gasteiger partial charge in [0.15, 0.2) is 0 Å². The predicted molar refractivity (Wildman–Crippen MR) is 125 cm³/mol. The van der Waals surface area contributed by atoms with Gasteiger partial charge in [0.05, 0.1) is 30.4 Å². The number of unbranched alkanes of at least 4 members (excludes halogenated alkanes) is 1. The summed E-state index contributed by atoms with van der Waals surface area (Å²) in [5, 5.41) is 9.68. The van der Waals surface area contributed by atoms with E-state index in [0.717, 1.165) is 41.6 Å². The quantitative estimate of drug-likeness (QED) is 0.310. The maximum Gasteiger partial charge on any atom is 0.310 e. The molecule has 3 aromatic rings. The van der Waals surface area contributed by atoms with Gasteiger partial charge in [0.25, 0.3) is 0 Å². The topological polar surface area (TPSA) is 75.9 Å². The van der Waals surface area contributed by atoms with E-state index in [-0.39, 0.29) is 12.4 Å². The van der Waals surface area contributed by atoms with Crippen molar-refractivity contribution < 1.29 is 9.53 Å². The molecule has 164 valence electrons. The van der Waals surface area contributed by atoms with Crippen LogP contribution in [0.4, 0.5) is 0 Å². The highest BCUT2D eigenvalue weighted by molar-refractivity contribution is 6.30. The molecule has 0 aliphatic heterocycles. The molecular weight excluding hydrogens is 422 g/mol. The zero-order chi connectivity index (χ0) is 22.9. The average Bonchev–Trinajstić information content (AvgIpc) is 2.80. The first-order chi connectivity index (χ1) is 15.5. The van der Waals surface area contributed by atoms with Crippen LogP contribution >= 0.6 is 11.6 Å². The summed E-state index contributed by atoms with van der Waals surface area (Å²) in [5.41, 5.74) is 4.90. The summed E-state index contributed by atoms with van der Waals surface area (Å²) in [6, 6.07) is 17.8. The first-order valence-electron chi connectivity index (χ1n) is 10.8. The minimum Gasteiger partial charge on any atom is -0.466 e. The van der Waals surface area contributed by atoms with Crippen molar-refractivity contribution >= 4 is 17.6 Å². The Kier molecular flexibility index (Phi) is 8.35. The lowest BCUT2D eigenvalue weighted by Gasteiger charge is -2.13. The fourth-order valence-electron chi connectivity index (χ4n) is 3.50. The highest BCUT2D eigenvalue weighted by atomic mass is 35.5. The van der Waals surface area contributed by atoms with E-state index in [2.05, 4.69) is 18.0 Å². The molecule has 3 rings (SSSR count). The van der Waals surface area contributed by atoms with Crippen LogP contribution in [-0.2, 0) is 28.8 Å². The minimum atomic E-state index is -0.344. The van der Waals surface area contributed by atoms with Crippen LogP contribution in [0.15, 0.2) is 48.5 Å². The van der Waals surface area contributed by atoms with Gasteiger partial charge in [0.2, 0.25) is 0 Å². The van der Waals surface area contributed by atoms with E-state index in [0.29, 0.717) is 35.1 Å². The number of ether oxygens (including phenoxy) is 1. The second-order valence-electron chi connectivity index (χ2n) is 7.47. The number of hydrogen-bond donors (Lipinski definition) is 0. The molecule has 0 radical (unpaired) electrons. The van der Waals surface area contributed by atoms with Crippen molar-refractivity contribution in [3.63, 3.8) is 0 Å². The summed E-state index contributed by atoms with van der Waals surface area (Å²) in [7, 11) is 0. The molecule has 32 heavy (non-hydrogen) atoms. The van der Waals surface area contributed by atoms with E-state index in [1.54, 1.807) is 6.92 Å². The Morgan fingerprint density at radius 2 is 1.84 bits per heavy atom. The number of carbonyl (C=O) groups is 1. The predicted octanol–water partition coefficient (Wildman–Crippen LogP) is 5.71. The Morgan fingerprint density at radius 1 is 1.09 bits per heavy atom. The highest BCUT2D eigenvalue weighted by Gasteiger charge is 2.18. The van der Waals surface area contributed by atoms with Crippen molar-refractivity contribution in [1.29, 1.82) is 5.26 Å². The van der Waals surface area contributed by atoms with Crippen LogP contribution in [0.25, 0.3) is 11.1 Å². The lowest BCUT2D eigenvalue weighted by atomic mass is 9.97. The van der Waals surface area contributed by atoms with Crippen molar-refractivity contribution in [2.24, 2.45) is 0 Å². The second kappa shape index (κ2) is 11.4. The molecule has 0 spiro atoms. The van der Waals surface area contributed by atoms with Gasteiger partial charge in [-0.2, -0.15) is 5.26 Å². The van der Waals surface area contributed by atoms with Gasteiger partial charge in [0.1, 0.15) is 11.0 Å². The van der Waals surface area contributed by atoms with Crippen molar-refractivity contribution in [3.8, 4) is 17.2 Å². The molecule has 0 bridgehead atoms. The first kappa shape index (κ1) is 23.4. The van der Waals surface area contributed by atoms with Gasteiger partial charge in [-0.15, -0.1) is 0 Å². The Morgan fingerprint density at radius 3 is 2.53 bits per heavy atom. The summed E-state index contributed by atoms with van der Waals surface area (Å²) in [6.45, 7) is 4.20. The molecule has 5 nitrogen and oxygen atoms in total. The molecule has 0 saturated heterocycles. The Balaban J connectivity index is 1.91. The molecular formula is C26H26ClN3O2. The Hall–Kier alpha value is -3.23. The summed E-state index contributed by atoms with van der Waals surface area (Å²) in [6.07, 6.45) is 3.32. The highest BCUT2D eigenvalue weighted by Crippen LogP contribution is 2.26. The largest absolute Gasteiger partial charge is 0.466 e. The normalized spacial score (nSPS) is 10.6. The number of esters is 1. The van der Waals surface area contributed by atoms with E-state index in [1.165, 1.54) is 0 Å². The molecule has 1 aromatic heterocycles. The zero-order valence-electron chi connectivity index (χ0n) is 18.4. The number of aryl methyl sites for hydroxylation is 1. The number of nitrogens with zero attached hydrogens (tertiary/aromatic N) is 3. The van der Waals surface area contributed by atoms with Gasteiger partial charge in [-0.25, -0.2) is 9.97 Å². The first-order valence-corrected chi connectivity index (χ1v) is 11.2. The summed E-state index contributed by atoms with van der Waals surface area (Å²) >= 11 is 6.47. The molecule has 1 heterocycles. The van der Waals surface area contributed by atoms with Crippen LogP contribution in [0.3, 0.4) is 0 Å². The average molecular weight is 448 g/mol. The third-order valence-corrected chi connectivity index (χ3v) is 5.47. The van der Waals surface area contributed by atoms with Crippen LogP contribution < -0.4 is 0 Å². The smallest absolute Gasteiger partial charge is 0.310 e. The third-order valence-electron chi connectivity index (χ3n) is 5.15. The number of rotatable bonds is 9. The number of aromatic nitrogens is 2. The number of benzene rings is 2. The number of hydrogen-bond acceptors (Lipinski definition) is 5. The molecule has 6 heteroatoms. The third kappa shape index (κ3) is 5.93. The summed E-state index contributed by atoms with van der Waals surface area (Å²) in [4.78, 5) is 21.3. The van der Waals surface area contributed by atoms with Crippen LogP contribution in [0, 0.1) is 11.3 Å². The van der Waals surface area contributed by atoms with E-state index in [4.69, 9.17) is 21.3 Å². The molecule has 0 unspecified atom stereocenters. The Bertz CT molecular complexity index is 1120. The standard InChI is InChI=1S/C26H26ClN3O2/c1-3-5-10-24-29-23(22(26(27)30-24)16-25(31)32-4-2)15-18-11-13-19(14-12-18)21-9-7-6-8-20(21)17-28/h6-9,11-14H,3-5,10,15-16H2,1-2H3. The van der Waals surface area contributed by atoms with Crippen molar-refractivity contribution in [1.82, 2.24) is 9.97 Å². The fraction of sp³-hybridized carbons (Fsp3) is 0.308. The van der Waals surface area contributed by atoms with Gasteiger partial charge in [-0.3, -0.25) is 4.79 Å².